The maximum Gasteiger partial charge on any atom is 0.410 e. The number of carbonyl (C=O) groups excluding carboxylic acids is 2. The minimum absolute atomic E-state index is 0.0214. The summed E-state index contributed by atoms with van der Waals surface area (Å²) >= 11 is 0. The fourth-order valence-electron chi connectivity index (χ4n) is 4.00. The molecule has 1 heterocycles. The van der Waals surface area contributed by atoms with Gasteiger partial charge in [0.2, 0.25) is 5.91 Å². The molecule has 2 aromatic carbocycles. The second-order valence-corrected chi connectivity index (χ2v) is 9.75. The van der Waals surface area contributed by atoms with Gasteiger partial charge in [-0.15, -0.1) is 0 Å². The van der Waals surface area contributed by atoms with Crippen molar-refractivity contribution in [3.8, 4) is 5.75 Å². The smallest absolute Gasteiger partial charge is 0.410 e. The van der Waals surface area contributed by atoms with Gasteiger partial charge >= 0.3 is 6.09 Å². The summed E-state index contributed by atoms with van der Waals surface area (Å²) in [5.74, 6) is 0.718. The molecule has 1 atom stereocenters. The van der Waals surface area contributed by atoms with Crippen LogP contribution in [0, 0.1) is 0 Å². The van der Waals surface area contributed by atoms with Crippen LogP contribution < -0.4 is 4.74 Å². The van der Waals surface area contributed by atoms with E-state index in [9.17, 15) is 9.59 Å². The van der Waals surface area contributed by atoms with Gasteiger partial charge in [-0.05, 0) is 56.9 Å². The molecule has 34 heavy (non-hydrogen) atoms. The molecule has 6 heteroatoms. The predicted molar refractivity (Wildman–Crippen MR) is 135 cm³/mol. The van der Waals surface area contributed by atoms with Gasteiger partial charge < -0.3 is 19.3 Å². The van der Waals surface area contributed by atoms with E-state index in [2.05, 4.69) is 6.58 Å². The maximum absolute atomic E-state index is 13.3. The lowest BCUT2D eigenvalue weighted by molar-refractivity contribution is -0.132. The first-order valence-electron chi connectivity index (χ1n) is 11.8. The Labute approximate surface area is 203 Å². The van der Waals surface area contributed by atoms with E-state index in [1.807, 2.05) is 74.2 Å². The lowest BCUT2D eigenvalue weighted by Crippen LogP contribution is -2.51. The molecule has 1 aliphatic heterocycles. The molecule has 0 aliphatic carbocycles. The topological polar surface area (TPSA) is 59.1 Å². The van der Waals surface area contributed by atoms with Crippen LogP contribution in [0.5, 0.6) is 5.75 Å². The summed E-state index contributed by atoms with van der Waals surface area (Å²) in [5.41, 5.74) is 2.29. The molecule has 0 radical (unpaired) electrons. The van der Waals surface area contributed by atoms with Crippen LogP contribution in [0.25, 0.3) is 6.08 Å². The summed E-state index contributed by atoms with van der Waals surface area (Å²) in [6.07, 6.45) is 3.32. The second kappa shape index (κ2) is 11.2. The average molecular weight is 465 g/mol. The Morgan fingerprint density at radius 3 is 2.59 bits per heavy atom. The summed E-state index contributed by atoms with van der Waals surface area (Å²) in [5, 5.41) is 0. The molecule has 0 spiro atoms. The van der Waals surface area contributed by atoms with Crippen molar-refractivity contribution in [2.24, 2.45) is 0 Å². The first-order valence-corrected chi connectivity index (χ1v) is 11.8. The Kier molecular flexibility index (Phi) is 8.37. The number of likely N-dealkylation sites (N-methyl/N-ethyl adjacent to an activating group) is 1. The van der Waals surface area contributed by atoms with Gasteiger partial charge in [-0.1, -0.05) is 49.1 Å². The van der Waals surface area contributed by atoms with E-state index in [4.69, 9.17) is 9.47 Å². The molecule has 1 saturated heterocycles. The van der Waals surface area contributed by atoms with Gasteiger partial charge in [-0.2, -0.15) is 0 Å². The molecule has 2 amide bonds. The van der Waals surface area contributed by atoms with Crippen LogP contribution in [-0.4, -0.2) is 53.6 Å². The van der Waals surface area contributed by atoms with Crippen molar-refractivity contribution in [3.05, 3.63) is 71.8 Å². The Morgan fingerprint density at radius 2 is 1.91 bits per heavy atom. The molecule has 0 unspecified atom stereocenters. The number of benzene rings is 2. The SMILES string of the molecule is C=Cc1ccc(OCc2ccccc2)c(CC(=O)N2CCC[C@@H](N(C)C(=O)OC(C)(C)C)C2)c1. The quantitative estimate of drug-likeness (QED) is 0.557. The van der Waals surface area contributed by atoms with Gasteiger partial charge in [0.25, 0.3) is 0 Å². The van der Waals surface area contributed by atoms with Crippen molar-refractivity contribution >= 4 is 18.1 Å². The predicted octanol–water partition coefficient (Wildman–Crippen LogP) is 5.31. The minimum Gasteiger partial charge on any atom is -0.489 e. The Bertz CT molecular complexity index is 997. The third-order valence-electron chi connectivity index (χ3n) is 5.88. The van der Waals surface area contributed by atoms with Crippen LogP contribution >= 0.6 is 0 Å². The zero-order valence-electron chi connectivity index (χ0n) is 20.8. The summed E-state index contributed by atoms with van der Waals surface area (Å²) in [4.78, 5) is 29.2. The van der Waals surface area contributed by atoms with Gasteiger partial charge in [0.05, 0.1) is 12.5 Å². The zero-order chi connectivity index (χ0) is 24.7. The highest BCUT2D eigenvalue weighted by Crippen LogP contribution is 2.25. The second-order valence-electron chi connectivity index (χ2n) is 9.75. The fourth-order valence-corrected chi connectivity index (χ4v) is 4.00. The minimum atomic E-state index is -0.554. The zero-order valence-corrected chi connectivity index (χ0v) is 20.8. The summed E-state index contributed by atoms with van der Waals surface area (Å²) in [6, 6.07) is 15.7. The van der Waals surface area contributed by atoms with E-state index in [0.717, 1.165) is 29.5 Å². The molecule has 0 N–H and O–H groups in total. The van der Waals surface area contributed by atoms with E-state index in [0.29, 0.717) is 25.4 Å². The largest absolute Gasteiger partial charge is 0.489 e. The highest BCUT2D eigenvalue weighted by Gasteiger charge is 2.31. The fraction of sp³-hybridized carbons (Fsp3) is 0.429. The molecule has 2 aromatic rings. The molecule has 0 saturated carbocycles. The van der Waals surface area contributed by atoms with Crippen LogP contribution in [0.3, 0.4) is 0 Å². The molecule has 3 rings (SSSR count). The molecular formula is C28H36N2O4. The van der Waals surface area contributed by atoms with E-state index in [1.165, 1.54) is 0 Å². The highest BCUT2D eigenvalue weighted by molar-refractivity contribution is 5.80. The van der Waals surface area contributed by atoms with E-state index in [-0.39, 0.29) is 24.5 Å². The molecule has 0 bridgehead atoms. The monoisotopic (exact) mass is 464 g/mol. The van der Waals surface area contributed by atoms with Crippen LogP contribution in [0.2, 0.25) is 0 Å². The number of amides is 2. The molecule has 182 valence electrons. The Hall–Kier alpha value is -3.28. The number of piperidine rings is 1. The highest BCUT2D eigenvalue weighted by atomic mass is 16.6. The molecule has 1 aliphatic rings. The first-order chi connectivity index (χ1) is 16.2. The number of ether oxygens (including phenoxy) is 2. The number of carbonyl (C=O) groups is 2. The lowest BCUT2D eigenvalue weighted by Gasteiger charge is -2.38. The standard InChI is InChI=1S/C28H36N2O4/c1-6-21-14-15-25(33-20-22-11-8-7-9-12-22)23(17-21)18-26(31)30-16-10-13-24(19-30)29(5)27(32)34-28(2,3)4/h6-9,11-12,14-15,17,24H,1,10,13,16,18-20H2,2-5H3/t24-/m1/s1. The van der Waals surface area contributed by atoms with Gasteiger partial charge in [-0.25, -0.2) is 4.79 Å². The first kappa shape index (κ1) is 25.3. The van der Waals surface area contributed by atoms with Gasteiger partial charge in [0, 0.05) is 25.7 Å². The van der Waals surface area contributed by atoms with Gasteiger partial charge in [0.15, 0.2) is 0 Å². The van der Waals surface area contributed by atoms with Crippen LogP contribution in [-0.2, 0) is 22.6 Å². The van der Waals surface area contributed by atoms with Crippen LogP contribution in [0.15, 0.2) is 55.1 Å². The number of rotatable bonds is 7. The van der Waals surface area contributed by atoms with Gasteiger partial charge in [-0.3, -0.25) is 4.79 Å². The van der Waals surface area contributed by atoms with Crippen molar-refractivity contribution in [1.82, 2.24) is 9.80 Å². The Morgan fingerprint density at radius 1 is 1.18 bits per heavy atom. The van der Waals surface area contributed by atoms with Crippen molar-refractivity contribution in [1.29, 1.82) is 0 Å². The molecule has 1 fully saturated rings. The number of likely N-dealkylation sites (tertiary alicyclic amines) is 1. The van der Waals surface area contributed by atoms with E-state index < -0.39 is 5.60 Å². The third-order valence-corrected chi connectivity index (χ3v) is 5.88. The summed E-state index contributed by atoms with van der Waals surface area (Å²) in [6.45, 7) is 11.0. The number of hydrogen-bond donors (Lipinski definition) is 0. The third kappa shape index (κ3) is 7.11. The van der Waals surface area contributed by atoms with Crippen molar-refractivity contribution < 1.29 is 19.1 Å². The molecular weight excluding hydrogens is 428 g/mol. The number of nitrogens with zero attached hydrogens (tertiary/aromatic N) is 2. The van der Waals surface area contributed by atoms with Crippen molar-refractivity contribution in [3.63, 3.8) is 0 Å². The van der Waals surface area contributed by atoms with Crippen molar-refractivity contribution in [2.75, 3.05) is 20.1 Å². The van der Waals surface area contributed by atoms with Crippen molar-refractivity contribution in [2.45, 2.75) is 58.3 Å². The average Bonchev–Trinajstić information content (AvgIpc) is 2.82. The summed E-state index contributed by atoms with van der Waals surface area (Å²) in [7, 11) is 1.75. The van der Waals surface area contributed by atoms with E-state index in [1.54, 1.807) is 18.0 Å². The van der Waals surface area contributed by atoms with Crippen LogP contribution in [0.1, 0.15) is 50.3 Å². The normalized spacial score (nSPS) is 16.0. The van der Waals surface area contributed by atoms with Gasteiger partial charge in [0.1, 0.15) is 18.0 Å². The molecule has 6 nitrogen and oxygen atoms in total. The number of hydrogen-bond acceptors (Lipinski definition) is 4. The Balaban J connectivity index is 1.67. The van der Waals surface area contributed by atoms with E-state index >= 15 is 0 Å². The maximum atomic E-state index is 13.3. The lowest BCUT2D eigenvalue weighted by atomic mass is 10.0. The van der Waals surface area contributed by atoms with Crippen LogP contribution in [0.4, 0.5) is 4.79 Å². The summed E-state index contributed by atoms with van der Waals surface area (Å²) < 4.78 is 11.6. The molecule has 0 aromatic heterocycles.